The monoisotopic (exact) mass is 2120 g/mol. The van der Waals surface area contributed by atoms with E-state index < -0.39 is 76.7 Å². The summed E-state index contributed by atoms with van der Waals surface area (Å²) >= 11 is -5.80. The zero-order chi connectivity index (χ0) is 109. The van der Waals surface area contributed by atoms with Crippen LogP contribution in [0.4, 0.5) is 22.7 Å². The molecule has 24 heteroatoms. The Balaban J connectivity index is 0.000000284. The van der Waals surface area contributed by atoms with Crippen LogP contribution in [-0.2, 0) is 96.2 Å². The Hall–Kier alpha value is -7.65. The number of sulfone groups is 2. The summed E-state index contributed by atoms with van der Waals surface area (Å²) in [5.74, 6) is 4.54. The number of hydrogen-bond donors (Lipinski definition) is 2. The van der Waals surface area contributed by atoms with Crippen molar-refractivity contribution in [3.63, 3.8) is 0 Å². The predicted molar refractivity (Wildman–Crippen MR) is 628 cm³/mol. The molecule has 8 aliphatic rings. The molecule has 2 aromatic heterocycles. The minimum Gasteiger partial charge on any atom is -0.772 e. The summed E-state index contributed by atoms with van der Waals surface area (Å²) in [6.07, 6.45) is 49.7. The Morgan fingerprint density at radius 2 is 0.721 bits per heavy atom. The molecule has 0 spiro atoms. The van der Waals surface area contributed by atoms with Crippen molar-refractivity contribution >= 4 is 92.5 Å². The van der Waals surface area contributed by atoms with Gasteiger partial charge in [-0.25, -0.2) is 21.5 Å². The molecule has 1 amide bonds. The molecular formula is C123H193N8O11S5-3. The third-order valence-electron chi connectivity index (χ3n) is 28.5. The number of para-hydroxylation sites is 2. The molecule has 5 atom stereocenters. The van der Waals surface area contributed by atoms with Crippen LogP contribution < -0.4 is 26.2 Å². The summed E-state index contributed by atoms with van der Waals surface area (Å²) in [6, 6.07) is 64.9. The predicted octanol–water partition coefficient (Wildman–Crippen LogP) is 29.4. The van der Waals surface area contributed by atoms with E-state index in [2.05, 4.69) is 262 Å². The molecule has 7 fully saturated rings. The van der Waals surface area contributed by atoms with Gasteiger partial charge in [-0.1, -0.05) is 287 Å². The number of anilines is 4. The lowest BCUT2D eigenvalue weighted by atomic mass is 9.91. The van der Waals surface area contributed by atoms with Crippen LogP contribution in [0.15, 0.2) is 201 Å². The molecule has 19 nitrogen and oxygen atoms in total. The van der Waals surface area contributed by atoms with E-state index in [1.165, 1.54) is 202 Å². The summed E-state index contributed by atoms with van der Waals surface area (Å²) < 4.78 is 109. The summed E-state index contributed by atoms with van der Waals surface area (Å²) in [4.78, 5) is 18.2. The van der Waals surface area contributed by atoms with E-state index in [1.807, 2.05) is 16.9 Å². The molecule has 2 saturated heterocycles. The minimum absolute atomic E-state index is 0.118. The van der Waals surface area contributed by atoms with Crippen molar-refractivity contribution in [2.75, 3.05) is 52.4 Å². The first-order chi connectivity index (χ1) is 69.3. The number of carbonyl (C=O) groups excluding carboxylic acids is 1. The first kappa shape index (κ1) is 130. The fourth-order valence-electron chi connectivity index (χ4n) is 18.0. The molecule has 147 heavy (non-hydrogen) atoms. The standard InChI is InChI=1S/C16H17N.C16H15N.C13H18N2O.C12H18N2.C11H12N2.2C11H22O2S.3C7H14.3C4H10O2S/c2*1-2-13-7-9-15(10-8-13)17-12-11-14-5-3-4-6-16(14)17;1-2-10-5-7-11(8-6-10)15-9-3-4-12(15)13(14)16;1-2-10-3-5-12(6-4-10)14-8-7-11(13)9-14;1-2-10-4-6-11(7-5-10)13-9-3-8-12-13;2*1-11(2,3)14(12,13)9-10-7-5-4-6-8-10;3*1-7-5-3-2-4-6-7;3*1-4(2,3)7(5)6/h3-10H,2,11-12H2,1H3;3-12H,2H2,1H3;5-8,12H,2-4,9H2,1H3,(H2,14,16);3-6,11H,2,7-9,13H2,1H3;3-9H,2H2,1H3;2*10H,4-9H2,1-3H3;3*7H,2-6H2,1H3;3*1-3H3,(H,5,6)/p-3/t;;12-;;;;;;;;;;/m..0........../s1. The molecule has 4 N–H and O–H groups in total. The van der Waals surface area contributed by atoms with Crippen LogP contribution in [0.1, 0.15) is 372 Å². The average Bonchev–Trinajstić information content (AvgIpc) is 1.65. The van der Waals surface area contributed by atoms with E-state index in [1.54, 1.807) is 110 Å². The Labute approximate surface area is 900 Å². The van der Waals surface area contributed by atoms with Crippen LogP contribution >= 0.6 is 0 Å². The van der Waals surface area contributed by atoms with Gasteiger partial charge in [-0.3, -0.25) is 17.4 Å². The Kier molecular flexibility index (Phi) is 58.6. The number of aromatic nitrogens is 3. The number of primary amides is 1. The first-order valence-corrected chi connectivity index (χ1v) is 62.0. The zero-order valence-corrected chi connectivity index (χ0v) is 98.8. The van der Waals surface area contributed by atoms with E-state index in [0.29, 0.717) is 29.4 Å². The molecule has 7 aromatic carbocycles. The van der Waals surface area contributed by atoms with Gasteiger partial charge in [0.05, 0.1) is 32.2 Å². The SMILES string of the molecule is CC(C)(C)S(=O)(=O)CC1CCCCC1.CC(C)(C)S(=O)(=O)CC1CCCCC1.CC(C)(C)S(=O)[O-].CC(C)(C)S(=O)[O-].CC(C)(C)S(=O)[O-].CC1CCCCC1.CC1CCCCC1.CC1CCCCC1.CCc1ccc(-n2ccc3ccccc32)cc1.CCc1ccc(-n2cccn2)cc1.CCc1ccc(N2CCC(N)C2)cc1.CCc1ccc(N2CCC[C@H]2C(N)=O)cc1.CCc1ccc(N2CCc3ccccc32)cc1. The summed E-state index contributed by atoms with van der Waals surface area (Å²) in [5, 5.41) is 5.44. The number of benzene rings is 7. The van der Waals surface area contributed by atoms with E-state index >= 15 is 0 Å². The third kappa shape index (κ3) is 49.3. The second kappa shape index (κ2) is 66.3. The van der Waals surface area contributed by atoms with Gasteiger partial charge in [0, 0.05) is 93.5 Å². The van der Waals surface area contributed by atoms with Gasteiger partial charge in [-0.05, 0) is 374 Å². The van der Waals surface area contributed by atoms with Crippen LogP contribution in [0.2, 0.25) is 0 Å². The van der Waals surface area contributed by atoms with E-state index in [0.717, 1.165) is 139 Å². The summed E-state index contributed by atoms with van der Waals surface area (Å²) in [5.41, 5.74) is 28.3. The largest absolute Gasteiger partial charge is 0.772 e. The lowest BCUT2D eigenvalue weighted by Crippen LogP contribution is -2.40. The van der Waals surface area contributed by atoms with E-state index in [9.17, 15) is 47.9 Å². The molecule has 4 unspecified atom stereocenters. The van der Waals surface area contributed by atoms with Gasteiger partial charge < -0.3 is 44.4 Å². The van der Waals surface area contributed by atoms with Gasteiger partial charge in [0.2, 0.25) is 5.91 Å². The number of nitrogens with zero attached hydrogens (tertiary/aromatic N) is 6. The second-order valence-electron chi connectivity index (χ2n) is 46.1. The molecule has 0 bridgehead atoms. The quantitative estimate of drug-likeness (QED) is 0.0902. The van der Waals surface area contributed by atoms with E-state index in [-0.39, 0.29) is 11.9 Å². The smallest absolute Gasteiger partial charge is 0.240 e. The van der Waals surface area contributed by atoms with Crippen molar-refractivity contribution < 1.29 is 47.9 Å². The average molecular weight is 2120 g/mol. The molecule has 9 aromatic rings. The molecule has 824 valence electrons. The van der Waals surface area contributed by atoms with Gasteiger partial charge in [0.25, 0.3) is 0 Å². The summed E-state index contributed by atoms with van der Waals surface area (Å²) in [6.45, 7) is 47.7. The van der Waals surface area contributed by atoms with Crippen LogP contribution in [0, 0.1) is 29.6 Å². The van der Waals surface area contributed by atoms with Gasteiger partial charge >= 0.3 is 0 Å². The fraction of sp³-hybridized carbons (Fsp3) is 0.610. The maximum absolute atomic E-state index is 11.9. The molecular weight excluding hydrogens is 1930 g/mol. The number of fused-ring (bicyclic) bond motifs is 2. The van der Waals surface area contributed by atoms with Crippen molar-refractivity contribution in [1.82, 2.24) is 14.3 Å². The molecule has 5 aliphatic carbocycles. The van der Waals surface area contributed by atoms with E-state index in [4.69, 9.17) is 11.5 Å². The highest BCUT2D eigenvalue weighted by Gasteiger charge is 2.35. The van der Waals surface area contributed by atoms with Crippen molar-refractivity contribution in [3.8, 4) is 11.4 Å². The highest BCUT2D eigenvalue weighted by molar-refractivity contribution is 7.93. The molecule has 5 saturated carbocycles. The third-order valence-corrected chi connectivity index (χ3v) is 37.0. The van der Waals surface area contributed by atoms with Crippen LogP contribution in [0.3, 0.4) is 0 Å². The Bertz CT molecular complexity index is 5240. The zero-order valence-electron chi connectivity index (χ0n) is 94.7. The van der Waals surface area contributed by atoms with Crippen LogP contribution in [0.5, 0.6) is 0 Å². The minimum atomic E-state index is -2.90. The van der Waals surface area contributed by atoms with Gasteiger partial charge in [0.15, 0.2) is 19.7 Å². The van der Waals surface area contributed by atoms with Crippen LogP contribution in [-0.4, -0.2) is 137 Å². The van der Waals surface area contributed by atoms with Gasteiger partial charge in [0.1, 0.15) is 6.04 Å². The maximum Gasteiger partial charge on any atom is 0.240 e. The molecule has 17 rings (SSSR count). The van der Waals surface area contributed by atoms with Crippen molar-refractivity contribution in [3.05, 3.63) is 234 Å². The number of hydrogen-bond acceptors (Lipinski definition) is 16. The normalized spacial score (nSPS) is 18.0. The molecule has 3 aliphatic heterocycles. The van der Waals surface area contributed by atoms with Gasteiger partial charge in [-0.2, -0.15) is 5.10 Å². The molecule has 0 radical (unpaired) electrons. The topological polar surface area (TPSA) is 290 Å². The number of aryl methyl sites for hydroxylation is 5. The number of nitrogens with two attached hydrogens (primary N) is 2. The fourth-order valence-corrected chi connectivity index (χ4v) is 20.9. The highest BCUT2D eigenvalue weighted by atomic mass is 32.2. The Morgan fingerprint density at radius 3 is 1.05 bits per heavy atom. The van der Waals surface area contributed by atoms with Crippen molar-refractivity contribution in [2.24, 2.45) is 41.1 Å². The number of rotatable bonds is 15. The molecule has 5 heterocycles. The van der Waals surface area contributed by atoms with Gasteiger partial charge in [-0.15, -0.1) is 0 Å². The van der Waals surface area contributed by atoms with Crippen LogP contribution in [0.25, 0.3) is 22.3 Å². The second-order valence-corrected chi connectivity index (χ2v) is 56.8. The maximum atomic E-state index is 11.9. The van der Waals surface area contributed by atoms with Crippen molar-refractivity contribution in [2.45, 2.75) is 413 Å². The first-order valence-electron chi connectivity index (χ1n) is 55.5. The highest BCUT2D eigenvalue weighted by Crippen LogP contribution is 2.37. The van der Waals surface area contributed by atoms with Crippen molar-refractivity contribution in [1.29, 1.82) is 0 Å². The number of carbonyl (C=O) groups is 1. The summed E-state index contributed by atoms with van der Waals surface area (Å²) in [7, 11) is -5.79. The Morgan fingerprint density at radius 1 is 0.381 bits per heavy atom. The number of amides is 1. The lowest BCUT2D eigenvalue weighted by molar-refractivity contribution is -0.119. The lowest BCUT2D eigenvalue weighted by Gasteiger charge is -2.26.